The summed E-state index contributed by atoms with van der Waals surface area (Å²) in [4.78, 5) is 28.9. The highest BCUT2D eigenvalue weighted by atomic mass is 19.1. The van der Waals surface area contributed by atoms with Gasteiger partial charge in [0, 0.05) is 37.7 Å². The van der Waals surface area contributed by atoms with Crippen LogP contribution < -0.4 is 4.74 Å². The third-order valence-corrected chi connectivity index (χ3v) is 6.12. The lowest BCUT2D eigenvalue weighted by atomic mass is 9.98. The number of carbonyl (C=O) groups is 2. The molecule has 2 heterocycles. The minimum atomic E-state index is -0.292. The molecule has 6 heteroatoms. The Morgan fingerprint density at radius 3 is 2.29 bits per heavy atom. The van der Waals surface area contributed by atoms with Gasteiger partial charge in [0.05, 0.1) is 13.0 Å². The van der Waals surface area contributed by atoms with Crippen LogP contribution in [0.25, 0.3) is 0 Å². The molecule has 2 saturated heterocycles. The molecule has 0 unspecified atom stereocenters. The number of nitrogens with zero attached hydrogens (tertiary/aromatic N) is 2. The molecule has 2 amide bonds. The van der Waals surface area contributed by atoms with Crippen LogP contribution in [-0.2, 0) is 11.2 Å². The van der Waals surface area contributed by atoms with Crippen molar-refractivity contribution in [2.75, 3.05) is 32.8 Å². The lowest BCUT2D eigenvalue weighted by Crippen LogP contribution is -2.42. The van der Waals surface area contributed by atoms with Crippen molar-refractivity contribution in [3.63, 3.8) is 0 Å². The highest BCUT2D eigenvalue weighted by Gasteiger charge is 2.24. The van der Waals surface area contributed by atoms with Crippen LogP contribution in [0.5, 0.6) is 5.75 Å². The van der Waals surface area contributed by atoms with Crippen molar-refractivity contribution < 1.29 is 18.7 Å². The predicted octanol–water partition coefficient (Wildman–Crippen LogP) is 3.92. The number of rotatable bonds is 6. The van der Waals surface area contributed by atoms with Crippen LogP contribution in [-0.4, -0.2) is 54.4 Å². The predicted molar refractivity (Wildman–Crippen MR) is 116 cm³/mol. The Bertz CT molecular complexity index is 892. The summed E-state index contributed by atoms with van der Waals surface area (Å²) in [6, 6.07) is 13.5. The van der Waals surface area contributed by atoms with Gasteiger partial charge in [0.25, 0.3) is 5.91 Å². The van der Waals surface area contributed by atoms with E-state index in [0.717, 1.165) is 56.6 Å². The first-order valence-electron chi connectivity index (χ1n) is 11.1. The molecule has 0 N–H and O–H groups in total. The molecule has 0 radical (unpaired) electrons. The van der Waals surface area contributed by atoms with Crippen molar-refractivity contribution >= 4 is 11.8 Å². The fraction of sp³-hybridized carbons (Fsp3) is 0.440. The van der Waals surface area contributed by atoms with E-state index in [0.29, 0.717) is 25.1 Å². The van der Waals surface area contributed by atoms with Gasteiger partial charge in [-0.3, -0.25) is 9.59 Å². The van der Waals surface area contributed by atoms with Gasteiger partial charge in [-0.1, -0.05) is 12.1 Å². The Labute approximate surface area is 182 Å². The van der Waals surface area contributed by atoms with Gasteiger partial charge in [-0.05, 0) is 67.6 Å². The molecule has 2 aromatic rings. The first kappa shape index (κ1) is 21.3. The molecule has 2 fully saturated rings. The van der Waals surface area contributed by atoms with Gasteiger partial charge < -0.3 is 14.5 Å². The molecule has 0 bridgehead atoms. The summed E-state index contributed by atoms with van der Waals surface area (Å²) in [7, 11) is 0. The molecule has 2 aliphatic rings. The normalized spacial score (nSPS) is 18.8. The zero-order valence-electron chi connectivity index (χ0n) is 17.8. The topological polar surface area (TPSA) is 49.9 Å². The second kappa shape index (κ2) is 9.94. The highest BCUT2D eigenvalue weighted by molar-refractivity contribution is 5.94. The van der Waals surface area contributed by atoms with Gasteiger partial charge >= 0.3 is 0 Å². The third-order valence-electron chi connectivity index (χ3n) is 6.12. The van der Waals surface area contributed by atoms with E-state index in [1.54, 1.807) is 12.1 Å². The van der Waals surface area contributed by atoms with E-state index >= 15 is 0 Å². The molecule has 5 nitrogen and oxygen atoms in total. The van der Waals surface area contributed by atoms with Gasteiger partial charge in [0.2, 0.25) is 5.91 Å². The minimum absolute atomic E-state index is 0.0705. The number of hydrogen-bond donors (Lipinski definition) is 0. The number of benzene rings is 2. The summed E-state index contributed by atoms with van der Waals surface area (Å²) < 4.78 is 19.0. The second-order valence-electron chi connectivity index (χ2n) is 8.49. The molecule has 31 heavy (non-hydrogen) atoms. The maximum absolute atomic E-state index is 13.1. The molecule has 0 aromatic heterocycles. The first-order chi connectivity index (χ1) is 15.1. The van der Waals surface area contributed by atoms with E-state index in [4.69, 9.17) is 4.74 Å². The van der Waals surface area contributed by atoms with Gasteiger partial charge in [0.15, 0.2) is 0 Å². The smallest absolute Gasteiger partial charge is 0.253 e. The van der Waals surface area contributed by atoms with E-state index in [9.17, 15) is 14.0 Å². The van der Waals surface area contributed by atoms with Crippen LogP contribution in [0.2, 0.25) is 0 Å². The number of carbonyl (C=O) groups excluding carboxylic acids is 2. The molecule has 0 spiro atoms. The van der Waals surface area contributed by atoms with Gasteiger partial charge in [-0.2, -0.15) is 0 Å². The summed E-state index contributed by atoms with van der Waals surface area (Å²) >= 11 is 0. The van der Waals surface area contributed by atoms with Crippen LogP contribution in [0.3, 0.4) is 0 Å². The Morgan fingerprint density at radius 2 is 1.58 bits per heavy atom. The molecule has 164 valence electrons. The number of amides is 2. The van der Waals surface area contributed by atoms with Crippen LogP contribution in [0.4, 0.5) is 4.39 Å². The van der Waals surface area contributed by atoms with E-state index in [-0.39, 0.29) is 23.5 Å². The van der Waals surface area contributed by atoms with Crippen LogP contribution in [0, 0.1) is 11.7 Å². The van der Waals surface area contributed by atoms with Crippen LogP contribution in [0.15, 0.2) is 48.5 Å². The summed E-state index contributed by atoms with van der Waals surface area (Å²) in [6.45, 7) is 3.65. The molecule has 1 atom stereocenters. The minimum Gasteiger partial charge on any atom is -0.493 e. The number of ether oxygens (including phenoxy) is 1. The Hall–Kier alpha value is -2.89. The SMILES string of the molecule is O=C(Cc1ccc(F)cc1)N1CCC[C@H](COc2ccc(C(=O)N3CCCC3)cc2)C1. The maximum Gasteiger partial charge on any atom is 0.253 e. The lowest BCUT2D eigenvalue weighted by molar-refractivity contribution is -0.132. The van der Waals surface area contributed by atoms with E-state index in [1.165, 1.54) is 12.1 Å². The maximum atomic E-state index is 13.1. The second-order valence-corrected chi connectivity index (χ2v) is 8.49. The first-order valence-corrected chi connectivity index (χ1v) is 11.1. The highest BCUT2D eigenvalue weighted by Crippen LogP contribution is 2.21. The van der Waals surface area contributed by atoms with Crippen molar-refractivity contribution in [3.8, 4) is 5.75 Å². The van der Waals surface area contributed by atoms with Crippen molar-refractivity contribution in [1.29, 1.82) is 0 Å². The molecule has 2 aliphatic heterocycles. The van der Waals surface area contributed by atoms with Crippen molar-refractivity contribution in [2.45, 2.75) is 32.1 Å². The standard InChI is InChI=1S/C25H29FN2O3/c26-22-9-5-19(6-10-22)16-24(29)28-15-3-4-20(17-28)18-31-23-11-7-21(8-12-23)25(30)27-13-1-2-14-27/h5-12,20H,1-4,13-18H2/t20-/m0/s1. The number of hydrogen-bond acceptors (Lipinski definition) is 3. The zero-order valence-corrected chi connectivity index (χ0v) is 17.8. The van der Waals surface area contributed by atoms with E-state index < -0.39 is 0 Å². The quantitative estimate of drug-likeness (QED) is 0.706. The van der Waals surface area contributed by atoms with Gasteiger partial charge in [0.1, 0.15) is 11.6 Å². The molecular weight excluding hydrogens is 395 g/mol. The Morgan fingerprint density at radius 1 is 0.903 bits per heavy atom. The van der Waals surface area contributed by atoms with Crippen molar-refractivity contribution in [3.05, 3.63) is 65.5 Å². The molecule has 4 rings (SSSR count). The third kappa shape index (κ3) is 5.63. The zero-order chi connectivity index (χ0) is 21.6. The average Bonchev–Trinajstić information content (AvgIpc) is 3.34. The Balaban J connectivity index is 1.26. The lowest BCUT2D eigenvalue weighted by Gasteiger charge is -2.32. The fourth-order valence-electron chi connectivity index (χ4n) is 4.33. The Kier molecular flexibility index (Phi) is 6.85. The molecular formula is C25H29FN2O3. The van der Waals surface area contributed by atoms with E-state index in [1.807, 2.05) is 34.1 Å². The average molecular weight is 425 g/mol. The molecule has 0 saturated carbocycles. The van der Waals surface area contributed by atoms with Crippen molar-refractivity contribution in [2.24, 2.45) is 5.92 Å². The van der Waals surface area contributed by atoms with Crippen LogP contribution in [0.1, 0.15) is 41.6 Å². The largest absolute Gasteiger partial charge is 0.493 e. The summed E-state index contributed by atoms with van der Waals surface area (Å²) in [6.07, 6.45) is 4.42. The van der Waals surface area contributed by atoms with Gasteiger partial charge in [-0.25, -0.2) is 4.39 Å². The summed E-state index contributed by atoms with van der Waals surface area (Å²) in [5.74, 6) is 0.886. The molecule has 2 aromatic carbocycles. The number of halogens is 1. The van der Waals surface area contributed by atoms with Gasteiger partial charge in [-0.15, -0.1) is 0 Å². The molecule has 0 aliphatic carbocycles. The monoisotopic (exact) mass is 424 g/mol. The van der Waals surface area contributed by atoms with E-state index in [2.05, 4.69) is 0 Å². The fourth-order valence-corrected chi connectivity index (χ4v) is 4.33. The number of likely N-dealkylation sites (tertiary alicyclic amines) is 2. The van der Waals surface area contributed by atoms with Crippen LogP contribution >= 0.6 is 0 Å². The summed E-state index contributed by atoms with van der Waals surface area (Å²) in [5, 5.41) is 0. The number of piperidine rings is 1. The summed E-state index contributed by atoms with van der Waals surface area (Å²) in [5.41, 5.74) is 1.53. The van der Waals surface area contributed by atoms with Crippen molar-refractivity contribution in [1.82, 2.24) is 9.80 Å².